The second-order valence-electron chi connectivity index (χ2n) is 7.42. The number of rotatable bonds is 6. The number of carbonyl (C=O) groups is 2. The molecule has 8 nitrogen and oxygen atoms in total. The van der Waals surface area contributed by atoms with Crippen molar-refractivity contribution in [3.63, 3.8) is 0 Å². The highest BCUT2D eigenvalue weighted by Gasteiger charge is 2.34. The van der Waals surface area contributed by atoms with Gasteiger partial charge in [0, 0.05) is 6.42 Å². The molecule has 3 aromatic rings. The van der Waals surface area contributed by atoms with Crippen LogP contribution in [0.3, 0.4) is 0 Å². The van der Waals surface area contributed by atoms with Crippen LogP contribution in [0.4, 0.5) is 0 Å². The molecule has 0 spiro atoms. The monoisotopic (exact) mass is 433 g/mol. The molecule has 0 aliphatic carbocycles. The van der Waals surface area contributed by atoms with E-state index in [2.05, 4.69) is 10.3 Å². The molecule has 0 N–H and O–H groups in total. The Morgan fingerprint density at radius 1 is 1.09 bits per heavy atom. The smallest absolute Gasteiger partial charge is 0.344 e. The van der Waals surface area contributed by atoms with Gasteiger partial charge >= 0.3 is 5.97 Å². The van der Waals surface area contributed by atoms with Gasteiger partial charge in [0.25, 0.3) is 5.91 Å². The van der Waals surface area contributed by atoms with Crippen molar-refractivity contribution in [1.82, 2.24) is 10.2 Å². The molecule has 1 aliphatic heterocycles. The number of ether oxygens (including phenoxy) is 2. The number of aryl methyl sites for hydroxylation is 2. The number of aromatic nitrogens is 1. The lowest BCUT2D eigenvalue weighted by Gasteiger charge is -2.22. The Morgan fingerprint density at radius 3 is 2.44 bits per heavy atom. The third kappa shape index (κ3) is 4.25. The van der Waals surface area contributed by atoms with Crippen LogP contribution in [0.5, 0.6) is 5.75 Å². The minimum absolute atomic E-state index is 0.236. The lowest BCUT2D eigenvalue weighted by Crippen LogP contribution is -2.31. The van der Waals surface area contributed by atoms with Crippen molar-refractivity contribution >= 4 is 17.6 Å². The van der Waals surface area contributed by atoms with Crippen molar-refractivity contribution in [3.8, 4) is 5.75 Å². The number of hydrogen-bond acceptors (Lipinski definition) is 7. The maximum Gasteiger partial charge on any atom is 0.344 e. The summed E-state index contributed by atoms with van der Waals surface area (Å²) in [6.45, 7) is 2.82. The number of hydrogen-bond donors (Lipinski definition) is 0. The Hall–Kier alpha value is -3.94. The van der Waals surface area contributed by atoms with E-state index < -0.39 is 18.5 Å². The van der Waals surface area contributed by atoms with Gasteiger partial charge in [-0.1, -0.05) is 47.6 Å². The number of benzene rings is 2. The molecule has 0 unspecified atom stereocenters. The third-order valence-electron chi connectivity index (χ3n) is 5.34. The molecule has 1 aliphatic rings. The molecule has 2 heterocycles. The summed E-state index contributed by atoms with van der Waals surface area (Å²) in [6, 6.07) is 16.9. The van der Waals surface area contributed by atoms with E-state index in [1.54, 1.807) is 21.0 Å². The van der Waals surface area contributed by atoms with Crippen LogP contribution in [0.2, 0.25) is 0 Å². The molecule has 1 amide bonds. The van der Waals surface area contributed by atoms with Gasteiger partial charge in [0.05, 0.1) is 24.6 Å². The van der Waals surface area contributed by atoms with E-state index in [1.165, 1.54) is 5.01 Å². The predicted octanol–water partition coefficient (Wildman–Crippen LogP) is 3.83. The van der Waals surface area contributed by atoms with E-state index >= 15 is 0 Å². The van der Waals surface area contributed by atoms with Crippen LogP contribution in [-0.2, 0) is 9.53 Å². The highest BCUT2D eigenvalue weighted by molar-refractivity contribution is 6.03. The average molecular weight is 433 g/mol. The van der Waals surface area contributed by atoms with Crippen LogP contribution in [-0.4, -0.2) is 41.5 Å². The van der Waals surface area contributed by atoms with Gasteiger partial charge in [0.15, 0.2) is 6.61 Å². The lowest BCUT2D eigenvalue weighted by atomic mass is 9.98. The maximum atomic E-state index is 13.1. The molecule has 0 saturated heterocycles. The predicted molar refractivity (Wildman–Crippen MR) is 116 cm³/mol. The van der Waals surface area contributed by atoms with Crippen molar-refractivity contribution in [1.29, 1.82) is 0 Å². The van der Waals surface area contributed by atoms with Gasteiger partial charge in [-0.2, -0.15) is 5.10 Å². The number of amides is 1. The summed E-state index contributed by atoms with van der Waals surface area (Å²) < 4.78 is 15.5. The van der Waals surface area contributed by atoms with E-state index in [0.717, 1.165) is 22.6 Å². The number of carbonyl (C=O) groups excluding carboxylic acids is 2. The molecule has 4 rings (SSSR count). The van der Waals surface area contributed by atoms with Crippen LogP contribution < -0.4 is 4.74 Å². The fourth-order valence-electron chi connectivity index (χ4n) is 3.67. The van der Waals surface area contributed by atoms with Crippen LogP contribution in [0.1, 0.15) is 45.4 Å². The van der Waals surface area contributed by atoms with Crippen LogP contribution >= 0.6 is 0 Å². The highest BCUT2D eigenvalue weighted by Crippen LogP contribution is 2.33. The zero-order chi connectivity index (χ0) is 22.7. The molecule has 2 aromatic carbocycles. The van der Waals surface area contributed by atoms with Crippen LogP contribution in [0.15, 0.2) is 64.2 Å². The summed E-state index contributed by atoms with van der Waals surface area (Å²) in [7, 11) is 1.60. The lowest BCUT2D eigenvalue weighted by molar-refractivity contribution is -0.136. The molecule has 8 heteroatoms. The number of methoxy groups -OCH3 is 1. The van der Waals surface area contributed by atoms with Crippen molar-refractivity contribution in [2.24, 2.45) is 5.10 Å². The average Bonchev–Trinajstić information content (AvgIpc) is 3.41. The van der Waals surface area contributed by atoms with E-state index in [-0.39, 0.29) is 11.6 Å². The van der Waals surface area contributed by atoms with Gasteiger partial charge in [-0.25, -0.2) is 9.80 Å². The fourth-order valence-corrected chi connectivity index (χ4v) is 3.67. The van der Waals surface area contributed by atoms with Gasteiger partial charge in [-0.05, 0) is 37.1 Å². The van der Waals surface area contributed by atoms with E-state index in [1.807, 2.05) is 54.6 Å². The van der Waals surface area contributed by atoms with Gasteiger partial charge in [0.1, 0.15) is 17.1 Å². The Morgan fingerprint density at radius 2 is 1.81 bits per heavy atom. The third-order valence-corrected chi connectivity index (χ3v) is 5.34. The molecule has 0 radical (unpaired) electrons. The van der Waals surface area contributed by atoms with E-state index in [4.69, 9.17) is 14.0 Å². The first kappa shape index (κ1) is 21.3. The largest absolute Gasteiger partial charge is 0.497 e. The Balaban J connectivity index is 1.55. The van der Waals surface area contributed by atoms with Crippen molar-refractivity contribution in [3.05, 3.63) is 82.7 Å². The molecule has 0 fully saturated rings. The molecule has 0 saturated carbocycles. The van der Waals surface area contributed by atoms with Crippen molar-refractivity contribution < 1.29 is 23.6 Å². The first-order chi connectivity index (χ1) is 15.5. The number of nitrogens with zero attached hydrogens (tertiary/aromatic N) is 3. The molecular formula is C24H23N3O5. The Kier molecular flexibility index (Phi) is 6.02. The minimum atomic E-state index is -0.651. The van der Waals surface area contributed by atoms with Gasteiger partial charge in [0.2, 0.25) is 0 Å². The number of esters is 1. The second kappa shape index (κ2) is 9.05. The zero-order valence-corrected chi connectivity index (χ0v) is 18.1. The molecule has 32 heavy (non-hydrogen) atoms. The summed E-state index contributed by atoms with van der Waals surface area (Å²) in [4.78, 5) is 25.5. The zero-order valence-electron chi connectivity index (χ0n) is 18.1. The summed E-state index contributed by atoms with van der Waals surface area (Å²) in [5.41, 5.74) is 3.29. The van der Waals surface area contributed by atoms with E-state index in [0.29, 0.717) is 17.9 Å². The fraction of sp³-hybridized carbons (Fsp3) is 0.250. The quantitative estimate of drug-likeness (QED) is 0.549. The normalized spacial score (nSPS) is 15.4. The van der Waals surface area contributed by atoms with Gasteiger partial charge in [-0.15, -0.1) is 0 Å². The summed E-state index contributed by atoms with van der Waals surface area (Å²) in [5.74, 6) is 0.00254. The SMILES string of the molecule is COc1ccc([C@H]2CC(c3ccccc3)=NN2C(=O)COC(=O)c2c(C)noc2C)cc1. The summed E-state index contributed by atoms with van der Waals surface area (Å²) in [6.07, 6.45) is 0.542. The van der Waals surface area contributed by atoms with Crippen molar-refractivity contribution in [2.75, 3.05) is 13.7 Å². The summed E-state index contributed by atoms with van der Waals surface area (Å²) in [5, 5.41) is 9.72. The first-order valence-electron chi connectivity index (χ1n) is 10.2. The number of hydrazone groups is 1. The van der Waals surface area contributed by atoms with E-state index in [9.17, 15) is 9.59 Å². The minimum Gasteiger partial charge on any atom is -0.497 e. The topological polar surface area (TPSA) is 94.2 Å². The van der Waals surface area contributed by atoms with Gasteiger partial charge < -0.3 is 14.0 Å². The molecule has 164 valence electrons. The standard InChI is InChI=1S/C24H23N3O5/c1-15-23(16(2)32-26-15)24(29)31-14-22(28)27-21(18-9-11-19(30-3)12-10-18)13-20(25-27)17-7-5-4-6-8-17/h4-12,21H,13-14H2,1-3H3/t21-/m1/s1. The highest BCUT2D eigenvalue weighted by atomic mass is 16.5. The second-order valence-corrected chi connectivity index (χ2v) is 7.42. The Bertz CT molecular complexity index is 1130. The van der Waals surface area contributed by atoms with Crippen LogP contribution in [0, 0.1) is 13.8 Å². The van der Waals surface area contributed by atoms with Crippen LogP contribution in [0.25, 0.3) is 0 Å². The van der Waals surface area contributed by atoms with Crippen molar-refractivity contribution in [2.45, 2.75) is 26.3 Å². The molecule has 0 bridgehead atoms. The Labute approximate surface area is 185 Å². The van der Waals surface area contributed by atoms with Gasteiger partial charge in [-0.3, -0.25) is 4.79 Å². The molecule has 1 aromatic heterocycles. The molecular weight excluding hydrogens is 410 g/mol. The first-order valence-corrected chi connectivity index (χ1v) is 10.2. The summed E-state index contributed by atoms with van der Waals surface area (Å²) >= 11 is 0. The maximum absolute atomic E-state index is 13.1. The molecule has 1 atom stereocenters.